The second-order valence-electron chi connectivity index (χ2n) is 23.9. The Morgan fingerprint density at radius 2 is 0.941 bits per heavy atom. The maximum Gasteiger partial charge on any atom is 0.336 e. The number of nitrogens with one attached hydrogen (secondary N) is 2. The zero-order valence-electron chi connectivity index (χ0n) is 58.0. The van der Waals surface area contributed by atoms with Gasteiger partial charge in [-0.25, -0.2) is 9.37 Å². The van der Waals surface area contributed by atoms with Gasteiger partial charge in [0.2, 0.25) is 17.2 Å². The first-order valence-corrected chi connectivity index (χ1v) is 33.5. The Morgan fingerprint density at radius 1 is 0.485 bits per heavy atom. The highest BCUT2D eigenvalue weighted by atomic mass is 16.5. The highest BCUT2D eigenvalue weighted by Gasteiger charge is 2.39. The third-order valence-electron chi connectivity index (χ3n) is 17.8. The number of anilines is 7. The van der Waals surface area contributed by atoms with Crippen LogP contribution in [0.5, 0.6) is 23.0 Å². The number of nitrogens with zero attached hydrogens (tertiary/aromatic N) is 6. The molecule has 1 aliphatic carbocycles. The maximum absolute atomic E-state index is 14.1. The Kier molecular flexibility index (Phi) is 24.2. The summed E-state index contributed by atoms with van der Waals surface area (Å²) in [7, 11) is 5.16. The van der Waals surface area contributed by atoms with E-state index in [0.29, 0.717) is 118 Å². The molecule has 0 spiro atoms. The molecule has 0 unspecified atom stereocenters. The first-order chi connectivity index (χ1) is 49.0. The molecule has 25 nitrogen and oxygen atoms in total. The van der Waals surface area contributed by atoms with E-state index in [1.165, 1.54) is 33.3 Å². The maximum atomic E-state index is 14.1. The molecule has 4 aliphatic rings. The second kappa shape index (κ2) is 33.8. The van der Waals surface area contributed by atoms with E-state index in [2.05, 4.69) is 38.9 Å². The van der Waals surface area contributed by atoms with Crippen molar-refractivity contribution in [2.75, 3.05) is 169 Å². The van der Waals surface area contributed by atoms with Crippen LogP contribution in [-0.4, -0.2) is 180 Å². The van der Waals surface area contributed by atoms with Crippen molar-refractivity contribution < 1.29 is 81.0 Å². The number of carboxylic acids is 1. The minimum atomic E-state index is -1.09. The van der Waals surface area contributed by atoms with E-state index in [9.17, 15) is 38.7 Å². The van der Waals surface area contributed by atoms with Gasteiger partial charge >= 0.3 is 29.8 Å². The molecule has 25 heteroatoms. The number of rotatable bonds is 33. The van der Waals surface area contributed by atoms with Gasteiger partial charge in [-0.3, -0.25) is 28.8 Å². The Bertz CT molecular complexity index is 4330. The number of methoxy groups -OCH3 is 4. The van der Waals surface area contributed by atoms with E-state index >= 15 is 0 Å². The van der Waals surface area contributed by atoms with E-state index in [0.717, 1.165) is 35.6 Å². The van der Waals surface area contributed by atoms with Crippen molar-refractivity contribution in [1.29, 1.82) is 0 Å². The zero-order chi connectivity index (χ0) is 71.7. The summed E-state index contributed by atoms with van der Waals surface area (Å²) in [6.07, 6.45) is 0. The van der Waals surface area contributed by atoms with Crippen LogP contribution in [0.2, 0.25) is 0 Å². The average Bonchev–Trinajstić information content (AvgIpc) is 0.740. The number of aromatic carboxylic acids is 1. The molecule has 0 atom stereocenters. The summed E-state index contributed by atoms with van der Waals surface area (Å²) in [5.41, 5.74) is 6.88. The number of carbonyl (C=O) groups is 7. The number of amides is 2. The molecule has 0 aromatic heterocycles. The lowest BCUT2D eigenvalue weighted by Gasteiger charge is -2.40. The van der Waals surface area contributed by atoms with Gasteiger partial charge in [0, 0.05) is 97.1 Å². The summed E-state index contributed by atoms with van der Waals surface area (Å²) in [6, 6.07) is 43.6. The van der Waals surface area contributed by atoms with Gasteiger partial charge in [0.05, 0.1) is 68.7 Å². The number of carboxylic acid groups (broad SMARTS) is 1. The van der Waals surface area contributed by atoms with Gasteiger partial charge < -0.3 is 82.6 Å². The van der Waals surface area contributed by atoms with Crippen molar-refractivity contribution in [2.24, 2.45) is 11.8 Å². The van der Waals surface area contributed by atoms with Crippen LogP contribution < -0.4 is 64.0 Å². The number of fused-ring (bicyclic) bond motifs is 2. The molecule has 6 aromatic carbocycles. The highest BCUT2D eigenvalue weighted by Crippen LogP contribution is 2.43. The fourth-order valence-corrected chi connectivity index (χ4v) is 12.3. The van der Waals surface area contributed by atoms with E-state index in [1.807, 2.05) is 85.5 Å². The summed E-state index contributed by atoms with van der Waals surface area (Å²) < 4.78 is 53.6. The van der Waals surface area contributed by atoms with E-state index in [1.54, 1.807) is 83.8 Å². The fourth-order valence-electron chi connectivity index (χ4n) is 12.3. The summed E-state index contributed by atoms with van der Waals surface area (Å²) in [4.78, 5) is 100. The van der Waals surface area contributed by atoms with Gasteiger partial charge in [0.25, 0.3) is 0 Å². The minimum absolute atomic E-state index is 0.00667. The number of benzene rings is 7. The standard InChI is InChI=1S/C76H84N8O17/c1-9-79(10-2)59-21-15-17-23-63(59)97-33-35-99-67-37-51(25-31-61(67)80(11-3)45-69(85)93-5)77-74(89)49-41-82(42-49)53-27-29-57-65(39-53)101-66-40-54(28-30-58(66)73(57)55-19-13-14-20-56(55)76(91)92)83-43-50(44-83)75(90)78-52-26-32-62(81(12-4)46-70(86)94-6)68(38-52)100-36-34-98-64-24-18-16-22-60(64)84(47-71(87)95-7)48-72(88)96-8/h13-32,37-40,49-50H,9-12,33-36,41-48H2,1-8H3,(H2-,77,78,89,90,91,92)/p+1. The Morgan fingerprint density at radius 3 is 1.45 bits per heavy atom. The fraction of sp³-hybridized carbons (Fsp3) is 0.342. The largest absolute Gasteiger partial charge is 0.488 e. The monoisotopic (exact) mass is 1380 g/mol. The number of carbonyl (C=O) groups excluding carboxylic acids is 6. The molecule has 6 aromatic rings. The van der Waals surface area contributed by atoms with Crippen LogP contribution in [0.4, 0.5) is 39.8 Å². The Balaban J connectivity index is 0.841. The van der Waals surface area contributed by atoms with Crippen molar-refractivity contribution in [2.45, 2.75) is 27.7 Å². The predicted molar refractivity (Wildman–Crippen MR) is 384 cm³/mol. The highest BCUT2D eigenvalue weighted by molar-refractivity contribution is 6.08. The quantitative estimate of drug-likeness (QED) is 0.0114. The first-order valence-electron chi connectivity index (χ1n) is 33.5. The number of likely N-dealkylation sites (N-methyl/N-ethyl adjacent to an activating group) is 2. The van der Waals surface area contributed by atoms with Crippen LogP contribution in [-0.2, 0) is 47.7 Å². The van der Waals surface area contributed by atoms with Crippen molar-refractivity contribution in [1.82, 2.24) is 4.58 Å². The van der Waals surface area contributed by atoms with Crippen LogP contribution in [0.3, 0.4) is 0 Å². The molecule has 3 aliphatic heterocycles. The molecule has 2 amide bonds. The lowest BCUT2D eigenvalue weighted by molar-refractivity contribution is -0.141. The van der Waals surface area contributed by atoms with Crippen LogP contribution in [0.15, 0.2) is 150 Å². The first kappa shape index (κ1) is 72.2. The van der Waals surface area contributed by atoms with Gasteiger partial charge in [-0.15, -0.1) is 0 Å². The van der Waals surface area contributed by atoms with Crippen LogP contribution >= 0.6 is 0 Å². The Hall–Kier alpha value is -11.5. The molecule has 2 saturated heterocycles. The molecular formula is C76H85N8O17+. The van der Waals surface area contributed by atoms with Gasteiger partial charge in [0.15, 0.2) is 19.0 Å². The number of hydrogen-bond acceptors (Lipinski definition) is 21. The molecular weight excluding hydrogens is 1300 g/mol. The zero-order valence-corrected chi connectivity index (χ0v) is 58.0. The lowest BCUT2D eigenvalue weighted by Crippen LogP contribution is -2.53. The van der Waals surface area contributed by atoms with Crippen molar-refractivity contribution >= 4 is 92.4 Å². The molecule has 101 heavy (non-hydrogen) atoms. The normalized spacial score (nSPS) is 13.2. The summed E-state index contributed by atoms with van der Waals surface area (Å²) >= 11 is 0. The predicted octanol–water partition coefficient (Wildman–Crippen LogP) is 8.93. The van der Waals surface area contributed by atoms with Crippen LogP contribution in [0.25, 0.3) is 33.4 Å². The van der Waals surface area contributed by atoms with Gasteiger partial charge in [0.1, 0.15) is 86.9 Å². The van der Waals surface area contributed by atoms with E-state index in [-0.39, 0.29) is 75.9 Å². The summed E-state index contributed by atoms with van der Waals surface area (Å²) in [6.45, 7) is 11.9. The topological polar surface area (TPSA) is 270 Å². The smallest absolute Gasteiger partial charge is 0.336 e. The summed E-state index contributed by atoms with van der Waals surface area (Å²) in [5.74, 6) is -1.92. The van der Waals surface area contributed by atoms with Crippen molar-refractivity contribution in [3.8, 4) is 45.4 Å². The molecule has 530 valence electrons. The lowest BCUT2D eigenvalue weighted by atomic mass is 9.90. The number of para-hydroxylation sites is 4. The third-order valence-corrected chi connectivity index (χ3v) is 17.8. The third kappa shape index (κ3) is 17.3. The van der Waals surface area contributed by atoms with Gasteiger partial charge in [-0.05, 0) is 106 Å². The second-order valence-corrected chi connectivity index (χ2v) is 23.9. The van der Waals surface area contributed by atoms with E-state index in [4.69, 9.17) is 42.3 Å². The number of ether oxygens (including phenoxy) is 8. The molecule has 0 radical (unpaired) electrons. The summed E-state index contributed by atoms with van der Waals surface area (Å²) in [5, 5.41) is 18.1. The van der Waals surface area contributed by atoms with Crippen molar-refractivity contribution in [3.05, 3.63) is 157 Å². The number of hydrogen-bond donors (Lipinski definition) is 3. The van der Waals surface area contributed by atoms with Gasteiger partial charge in [-0.2, -0.15) is 0 Å². The molecule has 3 heterocycles. The molecule has 0 saturated carbocycles. The van der Waals surface area contributed by atoms with Crippen molar-refractivity contribution in [3.63, 3.8) is 0 Å². The molecule has 0 bridgehead atoms. The SMILES string of the molecule is CCN(CC)c1ccccc1OCCOc1cc(NC(=O)C2CN(c3ccc4c(-c5ccccc5C(=O)O)c5ccc(=[N+]6CC(C(=O)Nc7ccc(N(CC)CC(=O)OC)c(OCCOc8ccccc8N(CC(=O)OC)CC(=O)OC)c7)C6)cc-5oc4c3)C2)ccc1N(CC)CC(=O)OC. The average molecular weight is 1380 g/mol. The minimum Gasteiger partial charge on any atom is -0.488 e. The van der Waals surface area contributed by atoms with Crippen LogP contribution in [0.1, 0.15) is 38.1 Å². The van der Waals surface area contributed by atoms with Gasteiger partial charge in [-0.1, -0.05) is 42.5 Å². The molecule has 2 fully saturated rings. The Labute approximate surface area is 585 Å². The number of esters is 4. The molecule has 3 N–H and O–H groups in total. The van der Waals surface area contributed by atoms with Crippen LogP contribution in [0, 0.1) is 11.8 Å². The van der Waals surface area contributed by atoms with E-state index < -0.39 is 35.8 Å². The molecule has 10 rings (SSSR count).